The lowest BCUT2D eigenvalue weighted by Gasteiger charge is -2.20. The highest BCUT2D eigenvalue weighted by Crippen LogP contribution is 2.58. The summed E-state index contributed by atoms with van der Waals surface area (Å²) in [5, 5.41) is 8.18. The third-order valence-corrected chi connectivity index (χ3v) is 5.34. The summed E-state index contributed by atoms with van der Waals surface area (Å²) >= 11 is 5.45. The predicted octanol–water partition coefficient (Wildman–Crippen LogP) is 4.60. The average molecular weight is 302 g/mol. The van der Waals surface area contributed by atoms with E-state index >= 15 is 0 Å². The molecule has 0 amide bonds. The second kappa shape index (κ2) is 4.79. The molecule has 2 rings (SSSR count). The number of nitrogens with one attached hydrogen (secondary N) is 1. The molecule has 2 atom stereocenters. The first kappa shape index (κ1) is 12.6. The molecule has 1 nitrogen and oxygen atoms in total. The Kier molecular flexibility index (Phi) is 3.77. The molecule has 0 spiro atoms. The van der Waals surface area contributed by atoms with Crippen LogP contribution in [0.1, 0.15) is 45.2 Å². The van der Waals surface area contributed by atoms with Crippen LogP contribution in [0.15, 0.2) is 15.2 Å². The van der Waals surface area contributed by atoms with Gasteiger partial charge in [-0.1, -0.05) is 20.8 Å². The summed E-state index contributed by atoms with van der Waals surface area (Å²) in [5.74, 6) is 0.796. The standard InChI is InChI=1S/C13H20BrNS/c1-4-5-15-12(10-6-13(10,2)3)9-7-16-8-11(9)14/h7-8,10,12,15H,4-6H2,1-3H3. The van der Waals surface area contributed by atoms with E-state index in [9.17, 15) is 0 Å². The van der Waals surface area contributed by atoms with Gasteiger partial charge in [0.1, 0.15) is 0 Å². The van der Waals surface area contributed by atoms with Crippen molar-refractivity contribution in [1.29, 1.82) is 0 Å². The Labute approximate surface area is 111 Å². The Morgan fingerprint density at radius 2 is 2.25 bits per heavy atom. The highest BCUT2D eigenvalue weighted by atomic mass is 79.9. The lowest BCUT2D eigenvalue weighted by atomic mass is 9.99. The minimum Gasteiger partial charge on any atom is -0.310 e. The number of halogens is 1. The maximum atomic E-state index is 3.71. The van der Waals surface area contributed by atoms with E-state index in [-0.39, 0.29) is 0 Å². The van der Waals surface area contributed by atoms with Gasteiger partial charge in [-0.25, -0.2) is 0 Å². The first-order valence-electron chi connectivity index (χ1n) is 6.01. The molecular weight excluding hydrogens is 282 g/mol. The van der Waals surface area contributed by atoms with Crippen LogP contribution in [0, 0.1) is 11.3 Å². The maximum absolute atomic E-state index is 3.71. The fourth-order valence-corrected chi connectivity index (χ4v) is 3.94. The van der Waals surface area contributed by atoms with Gasteiger partial charge in [0.2, 0.25) is 0 Å². The van der Waals surface area contributed by atoms with Gasteiger partial charge in [-0.15, -0.1) is 0 Å². The minimum atomic E-state index is 0.521. The average Bonchev–Trinajstić information content (AvgIpc) is 2.65. The molecule has 0 bridgehead atoms. The molecule has 1 aliphatic carbocycles. The zero-order valence-corrected chi connectivity index (χ0v) is 12.6. The zero-order chi connectivity index (χ0) is 11.8. The molecule has 2 unspecified atom stereocenters. The molecule has 1 aromatic rings. The van der Waals surface area contributed by atoms with Crippen LogP contribution in [-0.2, 0) is 0 Å². The Bertz CT molecular complexity index is 359. The smallest absolute Gasteiger partial charge is 0.0373 e. The van der Waals surface area contributed by atoms with Crippen molar-refractivity contribution in [3.8, 4) is 0 Å². The van der Waals surface area contributed by atoms with Crippen molar-refractivity contribution in [3.05, 3.63) is 20.8 Å². The van der Waals surface area contributed by atoms with Gasteiger partial charge in [0, 0.05) is 15.9 Å². The lowest BCUT2D eigenvalue weighted by molar-refractivity contribution is 0.415. The van der Waals surface area contributed by atoms with E-state index in [0.717, 1.165) is 12.5 Å². The van der Waals surface area contributed by atoms with E-state index in [0.29, 0.717) is 11.5 Å². The molecular formula is C13H20BrNS. The molecule has 3 heteroatoms. The molecule has 16 heavy (non-hydrogen) atoms. The van der Waals surface area contributed by atoms with E-state index in [4.69, 9.17) is 0 Å². The van der Waals surface area contributed by atoms with Crippen LogP contribution in [0.4, 0.5) is 0 Å². The van der Waals surface area contributed by atoms with Gasteiger partial charge in [-0.3, -0.25) is 0 Å². The molecule has 0 aromatic carbocycles. The van der Waals surface area contributed by atoms with Crippen molar-refractivity contribution >= 4 is 27.3 Å². The molecule has 1 N–H and O–H groups in total. The van der Waals surface area contributed by atoms with E-state index in [1.807, 2.05) is 0 Å². The quantitative estimate of drug-likeness (QED) is 0.838. The van der Waals surface area contributed by atoms with Crippen molar-refractivity contribution in [2.75, 3.05) is 6.54 Å². The van der Waals surface area contributed by atoms with Crippen molar-refractivity contribution in [3.63, 3.8) is 0 Å². The van der Waals surface area contributed by atoms with Gasteiger partial charge >= 0.3 is 0 Å². The normalized spacial score (nSPS) is 24.4. The number of hydrogen-bond donors (Lipinski definition) is 1. The van der Waals surface area contributed by atoms with Crippen LogP contribution >= 0.6 is 27.3 Å². The highest BCUT2D eigenvalue weighted by molar-refractivity contribution is 9.10. The summed E-state index contributed by atoms with van der Waals surface area (Å²) < 4.78 is 1.27. The summed E-state index contributed by atoms with van der Waals surface area (Å²) in [5.41, 5.74) is 1.97. The molecule has 1 aliphatic rings. The van der Waals surface area contributed by atoms with Crippen LogP contribution in [0.3, 0.4) is 0 Å². The Hall–Kier alpha value is 0.140. The van der Waals surface area contributed by atoms with Crippen LogP contribution in [-0.4, -0.2) is 6.54 Å². The van der Waals surface area contributed by atoms with Crippen molar-refractivity contribution in [2.24, 2.45) is 11.3 Å². The Morgan fingerprint density at radius 1 is 1.56 bits per heavy atom. The zero-order valence-electron chi connectivity index (χ0n) is 10.2. The lowest BCUT2D eigenvalue weighted by Crippen LogP contribution is -2.25. The fourth-order valence-electron chi connectivity index (χ4n) is 2.36. The molecule has 0 aliphatic heterocycles. The van der Waals surface area contributed by atoms with Crippen molar-refractivity contribution < 1.29 is 0 Å². The highest BCUT2D eigenvalue weighted by Gasteiger charge is 2.50. The summed E-state index contributed by atoms with van der Waals surface area (Å²) in [6.45, 7) is 8.08. The monoisotopic (exact) mass is 301 g/mol. The van der Waals surface area contributed by atoms with Gasteiger partial charge in [-0.2, -0.15) is 11.3 Å². The number of rotatable bonds is 5. The van der Waals surface area contributed by atoms with Crippen LogP contribution in [0.5, 0.6) is 0 Å². The number of thiophene rings is 1. The summed E-state index contributed by atoms with van der Waals surface area (Å²) in [6.07, 6.45) is 2.54. The van der Waals surface area contributed by atoms with Crippen LogP contribution < -0.4 is 5.32 Å². The molecule has 0 saturated heterocycles. The largest absolute Gasteiger partial charge is 0.310 e. The van der Waals surface area contributed by atoms with Gasteiger partial charge in [0.05, 0.1) is 0 Å². The first-order chi connectivity index (χ1) is 7.56. The molecule has 0 radical (unpaired) electrons. The SMILES string of the molecule is CCCNC(c1cscc1Br)C1CC1(C)C. The van der Waals surface area contributed by atoms with Gasteiger partial charge in [0.25, 0.3) is 0 Å². The number of hydrogen-bond acceptors (Lipinski definition) is 2. The van der Waals surface area contributed by atoms with Crippen molar-refractivity contribution in [2.45, 2.75) is 39.7 Å². The van der Waals surface area contributed by atoms with Crippen LogP contribution in [0.2, 0.25) is 0 Å². The maximum Gasteiger partial charge on any atom is 0.0373 e. The fraction of sp³-hybridized carbons (Fsp3) is 0.692. The molecule has 90 valence electrons. The van der Waals surface area contributed by atoms with Crippen LogP contribution in [0.25, 0.3) is 0 Å². The van der Waals surface area contributed by atoms with Gasteiger partial charge in [0.15, 0.2) is 0 Å². The van der Waals surface area contributed by atoms with Gasteiger partial charge < -0.3 is 5.32 Å². The van der Waals surface area contributed by atoms with E-state index in [1.165, 1.54) is 22.9 Å². The molecule has 1 fully saturated rings. The summed E-state index contributed by atoms with van der Waals surface area (Å²) in [6, 6.07) is 0.538. The van der Waals surface area contributed by atoms with E-state index in [2.05, 4.69) is 52.8 Å². The van der Waals surface area contributed by atoms with E-state index in [1.54, 1.807) is 11.3 Å². The summed E-state index contributed by atoms with van der Waals surface area (Å²) in [4.78, 5) is 0. The third kappa shape index (κ3) is 2.52. The second-order valence-corrected chi connectivity index (χ2v) is 7.00. The first-order valence-corrected chi connectivity index (χ1v) is 7.75. The topological polar surface area (TPSA) is 12.0 Å². The Morgan fingerprint density at radius 3 is 2.69 bits per heavy atom. The van der Waals surface area contributed by atoms with Gasteiger partial charge in [-0.05, 0) is 57.6 Å². The molecule has 1 aromatic heterocycles. The predicted molar refractivity (Wildman–Crippen MR) is 74.9 cm³/mol. The van der Waals surface area contributed by atoms with E-state index < -0.39 is 0 Å². The Balaban J connectivity index is 2.13. The molecule has 1 saturated carbocycles. The second-order valence-electron chi connectivity index (χ2n) is 5.41. The summed E-state index contributed by atoms with van der Waals surface area (Å²) in [7, 11) is 0. The minimum absolute atomic E-state index is 0.521. The van der Waals surface area contributed by atoms with Crippen molar-refractivity contribution in [1.82, 2.24) is 5.32 Å². The third-order valence-electron chi connectivity index (χ3n) is 3.58. The molecule has 1 heterocycles.